The van der Waals surface area contributed by atoms with Crippen LogP contribution in [0.15, 0.2) is 17.2 Å². The summed E-state index contributed by atoms with van der Waals surface area (Å²) in [6.45, 7) is 17.4. The van der Waals surface area contributed by atoms with E-state index in [2.05, 4.69) is 32.8 Å². The third-order valence-electron chi connectivity index (χ3n) is 7.59. The third-order valence-corrected chi connectivity index (χ3v) is 11.0. The highest BCUT2D eigenvalue weighted by atomic mass is 127. The fraction of sp³-hybridized carbons (Fsp3) is 0.743. The number of aromatic nitrogens is 4. The molecule has 2 aliphatic heterocycles. The number of hydrogen-bond acceptors (Lipinski definition) is 9. The van der Waals surface area contributed by atoms with E-state index in [1.54, 1.807) is 16.7 Å². The van der Waals surface area contributed by atoms with E-state index in [9.17, 15) is 27.6 Å². The Labute approximate surface area is 330 Å². The lowest BCUT2D eigenvalue weighted by Crippen LogP contribution is -2.42. The van der Waals surface area contributed by atoms with Gasteiger partial charge in [-0.3, -0.25) is 14.2 Å². The molecular formula is C35H58F3IN6O5S2. The van der Waals surface area contributed by atoms with Crippen molar-refractivity contribution in [1.82, 2.24) is 29.4 Å². The van der Waals surface area contributed by atoms with E-state index in [1.165, 1.54) is 39.0 Å². The van der Waals surface area contributed by atoms with Crippen LogP contribution in [0.25, 0.3) is 0 Å². The van der Waals surface area contributed by atoms with Crippen LogP contribution >= 0.6 is 46.1 Å². The number of amides is 2. The van der Waals surface area contributed by atoms with E-state index < -0.39 is 23.1 Å². The van der Waals surface area contributed by atoms with Gasteiger partial charge in [-0.2, -0.15) is 23.4 Å². The molecule has 11 nitrogen and oxygen atoms in total. The molecule has 2 aromatic heterocycles. The van der Waals surface area contributed by atoms with Crippen LogP contribution in [0.2, 0.25) is 0 Å². The van der Waals surface area contributed by atoms with Gasteiger partial charge in [0.05, 0.1) is 14.4 Å². The number of rotatable bonds is 5. The van der Waals surface area contributed by atoms with Crippen LogP contribution in [-0.4, -0.2) is 95.5 Å². The lowest BCUT2D eigenvalue weighted by molar-refractivity contribution is -0.141. The van der Waals surface area contributed by atoms with Gasteiger partial charge in [0, 0.05) is 64.8 Å². The van der Waals surface area contributed by atoms with Crippen molar-refractivity contribution >= 4 is 63.4 Å². The monoisotopic (exact) mass is 890 g/mol. The van der Waals surface area contributed by atoms with E-state index in [-0.39, 0.29) is 24.7 Å². The van der Waals surface area contributed by atoms with Gasteiger partial charge in [-0.25, -0.2) is 9.59 Å². The van der Waals surface area contributed by atoms with Gasteiger partial charge in [0.25, 0.3) is 0 Å². The number of carbonyl (C=O) groups is 3. The maximum absolute atomic E-state index is 12.7. The normalized spacial score (nSPS) is 15.8. The zero-order chi connectivity index (χ0) is 38.7. The molecule has 0 spiro atoms. The molecule has 4 heterocycles. The molecule has 0 radical (unpaired) electrons. The minimum absolute atomic E-state index is 0. The van der Waals surface area contributed by atoms with Gasteiger partial charge in [-0.05, 0) is 115 Å². The molecule has 2 fully saturated rings. The summed E-state index contributed by atoms with van der Waals surface area (Å²) in [6.07, 6.45) is -1.40. The number of carbonyl (C=O) groups excluding carboxylic acids is 3. The molecule has 2 aliphatic rings. The third kappa shape index (κ3) is 18.3. The van der Waals surface area contributed by atoms with Crippen molar-refractivity contribution in [1.29, 1.82) is 0 Å². The van der Waals surface area contributed by atoms with Gasteiger partial charge in [0.2, 0.25) is 0 Å². The molecule has 52 heavy (non-hydrogen) atoms. The Hall–Kier alpha value is -2.15. The van der Waals surface area contributed by atoms with Gasteiger partial charge in [-0.15, -0.1) is 11.8 Å². The summed E-state index contributed by atoms with van der Waals surface area (Å²) >= 11 is 5.01. The Kier molecular flexibility index (Phi) is 19.4. The standard InChI is InChI=1S/C16H24F3N3O2S.C13H23NO3S.C5H7IN2.CH4/c1-15(2,3)24-14(23)22-7-5-11(6-8-22)10-25-13-9-12(16(17,18)19)20-21(13)4;1-10(15)18-9-11-5-7-14(8-6-11)12(16)17-13(2,3)4;1-4-3-5(6)8(2)7-4;/h9,11H,5-8,10H2,1-4H3;11H,5-9H2,1-4H3;3H,1-2H3;1H4. The minimum Gasteiger partial charge on any atom is -0.444 e. The molecule has 298 valence electrons. The van der Waals surface area contributed by atoms with E-state index in [0.717, 1.165) is 56.3 Å². The van der Waals surface area contributed by atoms with E-state index in [4.69, 9.17) is 9.47 Å². The Morgan fingerprint density at radius 2 is 1.25 bits per heavy atom. The average Bonchev–Trinajstić information content (AvgIpc) is 3.53. The molecule has 0 N–H and O–H groups in total. The van der Waals surface area contributed by atoms with Gasteiger partial charge in [0.15, 0.2) is 10.8 Å². The Morgan fingerprint density at radius 1 is 0.808 bits per heavy atom. The van der Waals surface area contributed by atoms with Gasteiger partial charge >= 0.3 is 18.4 Å². The zero-order valence-corrected chi connectivity index (χ0v) is 35.2. The summed E-state index contributed by atoms with van der Waals surface area (Å²) in [6, 6.07) is 3.13. The first kappa shape index (κ1) is 47.9. The highest BCUT2D eigenvalue weighted by Crippen LogP contribution is 2.33. The van der Waals surface area contributed by atoms with E-state index >= 15 is 0 Å². The predicted molar refractivity (Wildman–Crippen MR) is 211 cm³/mol. The first-order chi connectivity index (χ1) is 23.4. The number of thioether (sulfide) groups is 2. The molecule has 0 bridgehead atoms. The van der Waals surface area contributed by atoms with Crippen LogP contribution in [-0.2, 0) is 34.5 Å². The van der Waals surface area contributed by atoms with Crippen LogP contribution in [0, 0.1) is 22.5 Å². The molecule has 0 atom stereocenters. The summed E-state index contributed by atoms with van der Waals surface area (Å²) in [5, 5.41) is 8.31. The molecule has 0 aromatic carbocycles. The number of likely N-dealkylation sites (tertiary alicyclic amines) is 2. The molecule has 0 saturated carbocycles. The fourth-order valence-electron chi connectivity index (χ4n) is 4.96. The molecule has 0 unspecified atom stereocenters. The van der Waals surface area contributed by atoms with E-state index in [1.807, 2.05) is 66.3 Å². The van der Waals surface area contributed by atoms with Gasteiger partial charge < -0.3 is 19.3 Å². The number of piperidine rings is 2. The molecule has 2 aromatic rings. The van der Waals surface area contributed by atoms with Gasteiger partial charge in [-0.1, -0.05) is 19.2 Å². The van der Waals surface area contributed by atoms with Crippen molar-refractivity contribution in [3.05, 3.63) is 27.2 Å². The lowest BCUT2D eigenvalue weighted by atomic mass is 9.99. The topological polar surface area (TPSA) is 112 Å². The summed E-state index contributed by atoms with van der Waals surface area (Å²) in [4.78, 5) is 38.2. The van der Waals surface area contributed by atoms with Crippen LogP contribution in [0.4, 0.5) is 22.8 Å². The summed E-state index contributed by atoms with van der Waals surface area (Å²) in [7, 11) is 3.46. The van der Waals surface area contributed by atoms with Crippen LogP contribution in [0.3, 0.4) is 0 Å². The molecule has 2 amide bonds. The first-order valence-corrected chi connectivity index (χ1v) is 20.0. The van der Waals surface area contributed by atoms with Crippen molar-refractivity contribution in [3.63, 3.8) is 0 Å². The zero-order valence-electron chi connectivity index (χ0n) is 31.4. The van der Waals surface area contributed by atoms with Crippen molar-refractivity contribution in [2.24, 2.45) is 25.9 Å². The number of alkyl halides is 3. The fourth-order valence-corrected chi connectivity index (χ4v) is 7.48. The quantitative estimate of drug-likeness (QED) is 0.215. The summed E-state index contributed by atoms with van der Waals surface area (Å²) in [5.74, 6) is 2.47. The number of nitrogens with zero attached hydrogens (tertiary/aromatic N) is 6. The Morgan fingerprint density at radius 3 is 1.56 bits per heavy atom. The lowest BCUT2D eigenvalue weighted by Gasteiger charge is -2.33. The first-order valence-electron chi connectivity index (χ1n) is 16.9. The summed E-state index contributed by atoms with van der Waals surface area (Å²) in [5.41, 5.74) is -0.730. The van der Waals surface area contributed by atoms with Crippen molar-refractivity contribution in [3.8, 4) is 0 Å². The van der Waals surface area contributed by atoms with Crippen molar-refractivity contribution in [2.45, 2.75) is 111 Å². The second-order valence-electron chi connectivity index (χ2n) is 14.7. The van der Waals surface area contributed by atoms with Crippen LogP contribution in [0.5, 0.6) is 0 Å². The molecule has 0 aliphatic carbocycles. The largest absolute Gasteiger partial charge is 0.444 e. The summed E-state index contributed by atoms with van der Waals surface area (Å²) < 4.78 is 53.0. The molecular weight excluding hydrogens is 832 g/mol. The Balaban J connectivity index is 0.000000435. The smallest absolute Gasteiger partial charge is 0.435 e. The minimum atomic E-state index is -4.42. The van der Waals surface area contributed by atoms with E-state index in [0.29, 0.717) is 35.7 Å². The van der Waals surface area contributed by atoms with Crippen LogP contribution in [0.1, 0.15) is 93.0 Å². The number of hydrogen-bond donors (Lipinski definition) is 0. The SMILES string of the molecule is C.CC(=O)SCC1CCN(C(=O)OC(C)(C)C)CC1.Cc1cc(I)n(C)n1.Cn1nc(C(F)(F)F)cc1SCC1CCN(C(=O)OC(C)(C)C)CC1. The molecule has 2 saturated heterocycles. The average molecular weight is 891 g/mol. The molecule has 17 heteroatoms. The maximum atomic E-state index is 12.7. The van der Waals surface area contributed by atoms with Crippen molar-refractivity contribution < 1.29 is 37.0 Å². The Bertz CT molecular complexity index is 1410. The second-order valence-corrected chi connectivity index (χ2v) is 18.0. The number of ether oxygens (including phenoxy) is 2. The number of aryl methyl sites for hydroxylation is 3. The maximum Gasteiger partial charge on any atom is 0.435 e. The number of halogens is 4. The van der Waals surface area contributed by atoms with Crippen molar-refractivity contribution in [2.75, 3.05) is 37.7 Å². The highest BCUT2D eigenvalue weighted by Gasteiger charge is 2.35. The van der Waals surface area contributed by atoms with Gasteiger partial charge in [0.1, 0.15) is 11.2 Å². The second kappa shape index (κ2) is 21.1. The predicted octanol–water partition coefficient (Wildman–Crippen LogP) is 9.06. The molecule has 4 rings (SSSR count). The van der Waals surface area contributed by atoms with Crippen LogP contribution < -0.4 is 0 Å². The highest BCUT2D eigenvalue weighted by molar-refractivity contribution is 14.1.